The smallest absolute Gasteiger partial charge is 0.216 e. The van der Waals surface area contributed by atoms with Crippen molar-refractivity contribution in [2.75, 3.05) is 0 Å². The minimum absolute atomic E-state index is 0. The van der Waals surface area contributed by atoms with Crippen LogP contribution in [0.15, 0.2) is 83.5 Å². The molecule has 0 aliphatic carbocycles. The molecule has 0 atom stereocenters. The maximum Gasteiger partial charge on any atom is 0.216 e. The Hall–Kier alpha value is -3.66. The second-order valence-corrected chi connectivity index (χ2v) is 10.6. The third-order valence-electron chi connectivity index (χ3n) is 6.51. The number of aromatic nitrogens is 3. The van der Waals surface area contributed by atoms with E-state index in [4.69, 9.17) is 9.40 Å². The predicted octanol–water partition coefficient (Wildman–Crippen LogP) is 8.61. The summed E-state index contributed by atoms with van der Waals surface area (Å²) in [6.45, 7) is 12.8. The van der Waals surface area contributed by atoms with Crippen LogP contribution in [-0.4, -0.2) is 15.0 Å². The summed E-state index contributed by atoms with van der Waals surface area (Å²) < 4.78 is 6.07. The number of pyridine rings is 3. The van der Waals surface area contributed by atoms with E-state index in [0.717, 1.165) is 44.6 Å². The SMILES string of the molecule is Cc1ccc(-c2[c-]cccc2)nc1.Cc1ccc2c(n1)oc1c(-c3cc(C)c(C(C)(C)C)cn3)[c-]ccc12.[Ir]. The molecule has 0 saturated heterocycles. The number of aryl methyl sites for hydroxylation is 3. The van der Waals surface area contributed by atoms with Gasteiger partial charge in [0.1, 0.15) is 0 Å². The molecule has 2 aromatic carbocycles. The molecule has 0 fully saturated rings. The molecule has 6 aromatic rings. The first kappa shape index (κ1) is 28.4. The summed E-state index contributed by atoms with van der Waals surface area (Å²) in [6, 6.07) is 28.5. The molecule has 1 radical (unpaired) electrons. The molecular weight excluding hydrogens is 659 g/mol. The summed E-state index contributed by atoms with van der Waals surface area (Å²) >= 11 is 0. The fraction of sp³-hybridized carbons (Fsp3) is 0.206. The monoisotopic (exact) mass is 690 g/mol. The zero-order valence-electron chi connectivity index (χ0n) is 23.1. The predicted molar refractivity (Wildman–Crippen MR) is 155 cm³/mol. The molecule has 5 heteroatoms. The van der Waals surface area contributed by atoms with Crippen molar-refractivity contribution in [3.8, 4) is 22.5 Å². The van der Waals surface area contributed by atoms with Crippen molar-refractivity contribution in [2.24, 2.45) is 0 Å². The molecule has 0 amide bonds. The van der Waals surface area contributed by atoms with Gasteiger partial charge in [-0.05, 0) is 60.8 Å². The van der Waals surface area contributed by atoms with Crippen molar-refractivity contribution in [3.05, 3.63) is 114 Å². The molecule has 0 aliphatic heterocycles. The Kier molecular flexibility index (Phi) is 8.44. The van der Waals surface area contributed by atoms with E-state index in [1.807, 2.05) is 74.8 Å². The molecule has 0 spiro atoms. The Labute approximate surface area is 243 Å². The number of hydrogen-bond acceptors (Lipinski definition) is 4. The van der Waals surface area contributed by atoms with E-state index in [-0.39, 0.29) is 25.5 Å². The molecule has 39 heavy (non-hydrogen) atoms. The molecule has 0 saturated carbocycles. The van der Waals surface area contributed by atoms with Gasteiger partial charge in [-0.2, -0.15) is 0 Å². The number of hydrogen-bond donors (Lipinski definition) is 0. The second kappa shape index (κ2) is 11.6. The zero-order valence-corrected chi connectivity index (χ0v) is 25.5. The third kappa shape index (κ3) is 6.16. The first-order valence-corrected chi connectivity index (χ1v) is 12.8. The van der Waals surface area contributed by atoms with E-state index in [2.05, 4.69) is 68.0 Å². The van der Waals surface area contributed by atoms with Gasteiger partial charge in [-0.1, -0.05) is 55.5 Å². The molecule has 6 rings (SSSR count). The zero-order chi connectivity index (χ0) is 26.9. The number of fused-ring (bicyclic) bond motifs is 3. The molecule has 0 unspecified atom stereocenters. The summed E-state index contributed by atoms with van der Waals surface area (Å²) in [5, 5.41) is 2.08. The normalized spacial score (nSPS) is 11.1. The molecule has 4 heterocycles. The summed E-state index contributed by atoms with van der Waals surface area (Å²) in [5.41, 5.74) is 9.94. The molecule has 4 aromatic heterocycles. The van der Waals surface area contributed by atoms with E-state index < -0.39 is 0 Å². The van der Waals surface area contributed by atoms with Crippen LogP contribution in [0.5, 0.6) is 0 Å². The fourth-order valence-corrected chi connectivity index (χ4v) is 4.56. The van der Waals surface area contributed by atoms with E-state index in [9.17, 15) is 0 Å². The molecule has 0 bridgehead atoms. The van der Waals surface area contributed by atoms with Gasteiger partial charge in [-0.3, -0.25) is 0 Å². The second-order valence-electron chi connectivity index (χ2n) is 10.6. The van der Waals surface area contributed by atoms with Gasteiger partial charge >= 0.3 is 0 Å². The van der Waals surface area contributed by atoms with Crippen LogP contribution in [0.2, 0.25) is 0 Å². The average molecular weight is 690 g/mol. The van der Waals surface area contributed by atoms with Gasteiger partial charge in [0.15, 0.2) is 0 Å². The Morgan fingerprint density at radius 1 is 0.769 bits per heavy atom. The van der Waals surface area contributed by atoms with Crippen molar-refractivity contribution >= 4 is 22.1 Å². The van der Waals surface area contributed by atoms with Crippen LogP contribution in [0.3, 0.4) is 0 Å². The summed E-state index contributed by atoms with van der Waals surface area (Å²) in [4.78, 5) is 13.5. The van der Waals surface area contributed by atoms with E-state index in [0.29, 0.717) is 5.71 Å². The average Bonchev–Trinajstić information content (AvgIpc) is 3.27. The van der Waals surface area contributed by atoms with Crippen molar-refractivity contribution in [1.82, 2.24) is 15.0 Å². The van der Waals surface area contributed by atoms with Gasteiger partial charge in [0.05, 0.1) is 5.58 Å². The first-order valence-electron chi connectivity index (χ1n) is 12.8. The Balaban J connectivity index is 0.000000213. The van der Waals surface area contributed by atoms with E-state index in [1.54, 1.807) is 0 Å². The number of rotatable bonds is 2. The molecule has 4 nitrogen and oxygen atoms in total. The topological polar surface area (TPSA) is 51.8 Å². The van der Waals surface area contributed by atoms with Crippen molar-refractivity contribution in [1.29, 1.82) is 0 Å². The minimum Gasteiger partial charge on any atom is -0.486 e. The van der Waals surface area contributed by atoms with Gasteiger partial charge in [0.25, 0.3) is 0 Å². The van der Waals surface area contributed by atoms with Crippen LogP contribution >= 0.6 is 0 Å². The van der Waals surface area contributed by atoms with E-state index >= 15 is 0 Å². The molecule has 0 N–H and O–H groups in total. The number of nitrogens with zero attached hydrogens (tertiary/aromatic N) is 3. The number of furan rings is 1. The van der Waals surface area contributed by atoms with Gasteiger partial charge < -0.3 is 14.4 Å². The maximum atomic E-state index is 6.07. The van der Waals surface area contributed by atoms with Crippen LogP contribution in [0, 0.1) is 32.9 Å². The van der Waals surface area contributed by atoms with E-state index in [1.165, 1.54) is 16.7 Å². The van der Waals surface area contributed by atoms with Crippen molar-refractivity contribution in [2.45, 2.75) is 47.0 Å². The van der Waals surface area contributed by atoms with Gasteiger partial charge in [0.2, 0.25) is 5.71 Å². The molecule has 0 aliphatic rings. The quantitative estimate of drug-likeness (QED) is 0.171. The van der Waals surface area contributed by atoms with Crippen LogP contribution in [0.4, 0.5) is 0 Å². The first-order chi connectivity index (χ1) is 18.2. The third-order valence-corrected chi connectivity index (χ3v) is 6.51. The van der Waals surface area contributed by atoms with Gasteiger partial charge in [-0.25, -0.2) is 4.98 Å². The van der Waals surface area contributed by atoms with Crippen LogP contribution in [0.25, 0.3) is 44.6 Å². The standard InChI is InChI=1S/C22H21N2O.C12H10N.Ir/c1-13-11-19(23-12-18(13)22(3,4)5)17-8-6-7-15-16-10-9-14(2)24-21(16)25-20(15)17;1-10-7-8-12(13-9-10)11-5-3-2-4-6-11;/h6-7,9-12H,1-5H3;2-5,7-9H,1H3;/q2*-1;. The van der Waals surface area contributed by atoms with Crippen LogP contribution < -0.4 is 0 Å². The Morgan fingerprint density at radius 3 is 2.23 bits per heavy atom. The number of benzene rings is 2. The van der Waals surface area contributed by atoms with Crippen LogP contribution in [-0.2, 0) is 25.5 Å². The maximum absolute atomic E-state index is 6.07. The van der Waals surface area contributed by atoms with Crippen molar-refractivity contribution in [3.63, 3.8) is 0 Å². The van der Waals surface area contributed by atoms with Crippen molar-refractivity contribution < 1.29 is 24.5 Å². The Bertz CT molecular complexity index is 1720. The molecule has 199 valence electrons. The Morgan fingerprint density at radius 2 is 1.56 bits per heavy atom. The summed E-state index contributed by atoms with van der Waals surface area (Å²) in [6.07, 6.45) is 3.85. The largest absolute Gasteiger partial charge is 0.486 e. The molecular formula is C34H31IrN3O-2. The van der Waals surface area contributed by atoms with Crippen LogP contribution in [0.1, 0.15) is 43.2 Å². The summed E-state index contributed by atoms with van der Waals surface area (Å²) in [7, 11) is 0. The fourth-order valence-electron chi connectivity index (χ4n) is 4.56. The minimum atomic E-state index is 0. The summed E-state index contributed by atoms with van der Waals surface area (Å²) in [5.74, 6) is 0. The van der Waals surface area contributed by atoms with Gasteiger partial charge in [0, 0.05) is 43.6 Å². The van der Waals surface area contributed by atoms with Gasteiger partial charge in [-0.15, -0.1) is 54.1 Å².